The van der Waals surface area contributed by atoms with Gasteiger partial charge in [0.15, 0.2) is 11.4 Å². The number of carbonyl (C=O) groups is 1. The number of benzene rings is 3. The molecule has 34 heavy (non-hydrogen) atoms. The van der Waals surface area contributed by atoms with Gasteiger partial charge in [-0.15, -0.1) is 0 Å². The van der Waals surface area contributed by atoms with Crippen LogP contribution in [-0.4, -0.2) is 29.9 Å². The van der Waals surface area contributed by atoms with E-state index in [1.54, 1.807) is 30.3 Å². The number of nitrogens with one attached hydrogen (secondary N) is 1. The van der Waals surface area contributed by atoms with Crippen molar-refractivity contribution >= 4 is 11.6 Å². The molecule has 1 amide bonds. The van der Waals surface area contributed by atoms with Crippen molar-refractivity contribution in [1.29, 1.82) is 0 Å². The van der Waals surface area contributed by atoms with Gasteiger partial charge >= 0.3 is 0 Å². The van der Waals surface area contributed by atoms with E-state index in [0.717, 1.165) is 0 Å². The molecule has 0 atom stereocenters. The van der Waals surface area contributed by atoms with Gasteiger partial charge in [-0.25, -0.2) is 13.5 Å². The highest BCUT2D eigenvalue weighted by atomic mass is 19.1. The zero-order chi connectivity index (χ0) is 24.1. The number of rotatable bonds is 8. The molecule has 174 valence electrons. The second-order valence-corrected chi connectivity index (χ2v) is 7.20. The molecule has 0 aliphatic carbocycles. The van der Waals surface area contributed by atoms with Crippen LogP contribution < -0.4 is 19.5 Å². The summed E-state index contributed by atoms with van der Waals surface area (Å²) in [6.45, 7) is 0.0815. The topological polar surface area (TPSA) is 74.6 Å². The number of ether oxygens (including phenoxy) is 3. The van der Waals surface area contributed by atoms with E-state index in [9.17, 15) is 13.6 Å². The molecule has 1 N–H and O–H groups in total. The average Bonchev–Trinajstić information content (AvgIpc) is 3.28. The van der Waals surface area contributed by atoms with Crippen LogP contribution in [0.3, 0.4) is 0 Å². The smallest absolute Gasteiger partial charge is 0.280 e. The van der Waals surface area contributed by atoms with Gasteiger partial charge in [-0.05, 0) is 54.1 Å². The molecule has 0 fully saturated rings. The minimum atomic E-state index is -0.554. The van der Waals surface area contributed by atoms with Gasteiger partial charge in [-0.2, -0.15) is 5.10 Å². The van der Waals surface area contributed by atoms with E-state index in [0.29, 0.717) is 28.4 Å². The van der Waals surface area contributed by atoms with Crippen molar-refractivity contribution in [2.45, 2.75) is 6.61 Å². The number of carbonyl (C=O) groups excluding carboxylic acids is 1. The van der Waals surface area contributed by atoms with Gasteiger partial charge in [-0.3, -0.25) is 4.79 Å². The third-order valence-corrected chi connectivity index (χ3v) is 4.95. The predicted molar refractivity (Wildman–Crippen MR) is 122 cm³/mol. The molecule has 1 aromatic heterocycles. The Morgan fingerprint density at radius 1 is 0.912 bits per heavy atom. The third kappa shape index (κ3) is 5.15. The van der Waals surface area contributed by atoms with Gasteiger partial charge in [0.05, 0.1) is 31.8 Å². The summed E-state index contributed by atoms with van der Waals surface area (Å²) < 4.78 is 44.4. The lowest BCUT2D eigenvalue weighted by Gasteiger charge is -2.12. The number of methoxy groups -OCH3 is 2. The molecule has 7 nitrogen and oxygen atoms in total. The number of aromatic nitrogens is 2. The molecule has 3 aromatic carbocycles. The van der Waals surface area contributed by atoms with Gasteiger partial charge in [0.2, 0.25) is 0 Å². The normalized spacial score (nSPS) is 10.6. The van der Waals surface area contributed by atoms with Crippen LogP contribution in [0.4, 0.5) is 14.5 Å². The fourth-order valence-corrected chi connectivity index (χ4v) is 3.18. The van der Waals surface area contributed by atoms with Gasteiger partial charge < -0.3 is 19.5 Å². The fraction of sp³-hybridized carbons (Fsp3) is 0.120. The molecular weight excluding hydrogens is 444 g/mol. The zero-order valence-corrected chi connectivity index (χ0v) is 18.4. The molecule has 0 aliphatic rings. The molecule has 4 rings (SSSR count). The second kappa shape index (κ2) is 10.0. The van der Waals surface area contributed by atoms with Crippen molar-refractivity contribution in [3.8, 4) is 22.9 Å². The number of hydrogen-bond donors (Lipinski definition) is 1. The summed E-state index contributed by atoms with van der Waals surface area (Å²) >= 11 is 0. The maximum atomic E-state index is 13.4. The van der Waals surface area contributed by atoms with E-state index >= 15 is 0 Å². The van der Waals surface area contributed by atoms with Crippen LogP contribution in [0.1, 0.15) is 16.1 Å². The van der Waals surface area contributed by atoms with Gasteiger partial charge in [-0.1, -0.05) is 12.1 Å². The Labute approximate surface area is 194 Å². The highest BCUT2D eigenvalue weighted by Crippen LogP contribution is 2.30. The molecule has 0 radical (unpaired) electrons. The summed E-state index contributed by atoms with van der Waals surface area (Å²) in [6, 6.07) is 16.4. The first-order valence-corrected chi connectivity index (χ1v) is 10.2. The first-order valence-electron chi connectivity index (χ1n) is 10.2. The van der Waals surface area contributed by atoms with Crippen molar-refractivity contribution in [1.82, 2.24) is 9.78 Å². The predicted octanol–water partition coefficient (Wildman–Crippen LogP) is 5.00. The zero-order valence-electron chi connectivity index (χ0n) is 18.4. The minimum Gasteiger partial charge on any atom is -0.497 e. The van der Waals surface area contributed by atoms with E-state index in [-0.39, 0.29) is 23.9 Å². The van der Waals surface area contributed by atoms with Gasteiger partial charge in [0.1, 0.15) is 29.7 Å². The number of anilines is 1. The van der Waals surface area contributed by atoms with Crippen LogP contribution in [0.2, 0.25) is 0 Å². The van der Waals surface area contributed by atoms with E-state index in [4.69, 9.17) is 14.2 Å². The lowest BCUT2D eigenvalue weighted by molar-refractivity contribution is 0.101. The van der Waals surface area contributed by atoms with E-state index in [1.807, 2.05) is 0 Å². The SMILES string of the molecule is COc1ccc(OC)c(NC(=O)c2nn(-c3ccc(F)cc3)cc2OCc2ccc(F)cc2)c1. The summed E-state index contributed by atoms with van der Waals surface area (Å²) in [4.78, 5) is 13.2. The van der Waals surface area contributed by atoms with E-state index in [1.165, 1.54) is 61.5 Å². The summed E-state index contributed by atoms with van der Waals surface area (Å²) in [5.74, 6) is -0.164. The van der Waals surface area contributed by atoms with Crippen LogP contribution in [0, 0.1) is 11.6 Å². The quantitative estimate of drug-likeness (QED) is 0.397. The Bertz CT molecular complexity index is 1290. The first-order chi connectivity index (χ1) is 16.5. The van der Waals surface area contributed by atoms with Crippen LogP contribution in [0.15, 0.2) is 72.9 Å². The largest absolute Gasteiger partial charge is 0.497 e. The standard InChI is InChI=1S/C25H21F2N3O4/c1-32-20-11-12-22(33-2)21(13-20)28-25(31)24-23(34-15-16-3-5-17(26)6-4-16)14-30(29-24)19-9-7-18(27)8-10-19/h3-14H,15H2,1-2H3,(H,28,31). The Morgan fingerprint density at radius 3 is 2.24 bits per heavy atom. The number of halogens is 2. The molecule has 0 saturated heterocycles. The van der Waals surface area contributed by atoms with E-state index in [2.05, 4.69) is 10.4 Å². The molecule has 0 unspecified atom stereocenters. The molecular formula is C25H21F2N3O4. The first kappa shape index (κ1) is 22.8. The minimum absolute atomic E-state index is 0.00342. The monoisotopic (exact) mass is 465 g/mol. The molecule has 4 aromatic rings. The Morgan fingerprint density at radius 2 is 1.59 bits per heavy atom. The second-order valence-electron chi connectivity index (χ2n) is 7.20. The molecule has 9 heteroatoms. The summed E-state index contributed by atoms with van der Waals surface area (Å²) in [6.07, 6.45) is 1.52. The maximum Gasteiger partial charge on any atom is 0.280 e. The van der Waals surface area contributed by atoms with Crippen molar-refractivity contribution in [3.05, 3.63) is 95.8 Å². The van der Waals surface area contributed by atoms with Crippen LogP contribution in [-0.2, 0) is 6.61 Å². The highest BCUT2D eigenvalue weighted by molar-refractivity contribution is 6.05. The molecule has 0 saturated carbocycles. The molecule has 0 bridgehead atoms. The summed E-state index contributed by atoms with van der Waals surface area (Å²) in [7, 11) is 3.00. The lowest BCUT2D eigenvalue weighted by Crippen LogP contribution is -2.15. The van der Waals surface area contributed by atoms with Gasteiger partial charge in [0.25, 0.3) is 5.91 Å². The Balaban J connectivity index is 1.65. The van der Waals surface area contributed by atoms with Crippen molar-refractivity contribution in [3.63, 3.8) is 0 Å². The fourth-order valence-electron chi connectivity index (χ4n) is 3.18. The number of hydrogen-bond acceptors (Lipinski definition) is 5. The molecule has 1 heterocycles. The lowest BCUT2D eigenvalue weighted by atomic mass is 10.2. The molecule has 0 spiro atoms. The summed E-state index contributed by atoms with van der Waals surface area (Å²) in [5, 5.41) is 7.12. The van der Waals surface area contributed by atoms with Crippen molar-refractivity contribution in [2.75, 3.05) is 19.5 Å². The van der Waals surface area contributed by atoms with Crippen molar-refractivity contribution in [2.24, 2.45) is 0 Å². The highest BCUT2D eigenvalue weighted by Gasteiger charge is 2.21. The van der Waals surface area contributed by atoms with Crippen LogP contribution in [0.5, 0.6) is 17.2 Å². The Hall–Kier alpha value is -4.40. The van der Waals surface area contributed by atoms with Crippen molar-refractivity contribution < 1.29 is 27.8 Å². The molecule has 0 aliphatic heterocycles. The van der Waals surface area contributed by atoms with Gasteiger partial charge in [0, 0.05) is 6.07 Å². The van der Waals surface area contributed by atoms with Crippen LogP contribution in [0.25, 0.3) is 5.69 Å². The number of nitrogens with zero attached hydrogens (tertiary/aromatic N) is 2. The average molecular weight is 465 g/mol. The van der Waals surface area contributed by atoms with Crippen LogP contribution >= 0.6 is 0 Å². The maximum absolute atomic E-state index is 13.4. The third-order valence-electron chi connectivity index (χ3n) is 4.95. The summed E-state index contributed by atoms with van der Waals surface area (Å²) in [5.41, 5.74) is 1.62. The van der Waals surface area contributed by atoms with E-state index < -0.39 is 11.7 Å². The Kier molecular flexibility index (Phi) is 6.72. The number of amides is 1.